The van der Waals surface area contributed by atoms with Gasteiger partial charge in [-0.2, -0.15) is 0 Å². The Morgan fingerprint density at radius 3 is 2.16 bits per heavy atom. The zero-order chi connectivity index (χ0) is 14.7. The van der Waals surface area contributed by atoms with Crippen LogP contribution in [0.4, 0.5) is 0 Å². The maximum atomic E-state index is 12.3. The summed E-state index contributed by atoms with van der Waals surface area (Å²) in [6.07, 6.45) is 0. The van der Waals surface area contributed by atoms with Crippen molar-refractivity contribution in [1.82, 2.24) is 5.32 Å². The number of carbonyl (C=O) groups excluding carboxylic acids is 1. The zero-order valence-electron chi connectivity index (χ0n) is 12.3. The predicted molar refractivity (Wildman–Crippen MR) is 75.3 cm³/mol. The van der Waals surface area contributed by atoms with Crippen molar-refractivity contribution in [1.29, 1.82) is 0 Å². The molecule has 0 heterocycles. The summed E-state index contributed by atoms with van der Waals surface area (Å²) in [5.74, 6) is 0.646. The molecule has 1 aromatic rings. The number of ether oxygens (including phenoxy) is 1. The van der Waals surface area contributed by atoms with Gasteiger partial charge in [0.25, 0.3) is 0 Å². The van der Waals surface area contributed by atoms with Gasteiger partial charge in [0, 0.05) is 0 Å². The SMILES string of the molecule is COc1ccc(C(C)(C)C(=O)NC(C)(C)CO)cc1. The molecule has 0 fully saturated rings. The average molecular weight is 265 g/mol. The maximum Gasteiger partial charge on any atom is 0.230 e. The Hall–Kier alpha value is -1.55. The van der Waals surface area contributed by atoms with Crippen molar-refractivity contribution in [2.75, 3.05) is 13.7 Å². The van der Waals surface area contributed by atoms with E-state index in [1.165, 1.54) is 0 Å². The first-order valence-corrected chi connectivity index (χ1v) is 6.31. The van der Waals surface area contributed by atoms with Gasteiger partial charge in [-0.05, 0) is 45.4 Å². The lowest BCUT2D eigenvalue weighted by Gasteiger charge is -2.31. The van der Waals surface area contributed by atoms with Crippen molar-refractivity contribution in [2.45, 2.75) is 38.6 Å². The number of carbonyl (C=O) groups is 1. The van der Waals surface area contributed by atoms with Crippen molar-refractivity contribution < 1.29 is 14.6 Å². The summed E-state index contributed by atoms with van der Waals surface area (Å²) in [5, 5.41) is 12.1. The molecule has 1 rings (SSSR count). The molecule has 2 N–H and O–H groups in total. The second-order valence-corrected chi connectivity index (χ2v) is 5.85. The highest BCUT2D eigenvalue weighted by Crippen LogP contribution is 2.26. The highest BCUT2D eigenvalue weighted by atomic mass is 16.5. The summed E-state index contributed by atoms with van der Waals surface area (Å²) < 4.78 is 5.11. The number of amides is 1. The van der Waals surface area contributed by atoms with Crippen LogP contribution in [-0.4, -0.2) is 30.3 Å². The Labute approximate surface area is 114 Å². The number of methoxy groups -OCH3 is 1. The van der Waals surface area contributed by atoms with Gasteiger partial charge in [-0.1, -0.05) is 12.1 Å². The first-order valence-electron chi connectivity index (χ1n) is 6.31. The summed E-state index contributed by atoms with van der Waals surface area (Å²) >= 11 is 0. The molecule has 19 heavy (non-hydrogen) atoms. The fourth-order valence-corrected chi connectivity index (χ4v) is 1.64. The summed E-state index contributed by atoms with van der Waals surface area (Å²) in [5.41, 5.74) is -0.390. The van der Waals surface area contributed by atoms with E-state index in [1.54, 1.807) is 21.0 Å². The molecule has 0 aliphatic heterocycles. The van der Waals surface area contributed by atoms with Gasteiger partial charge in [-0.3, -0.25) is 4.79 Å². The van der Waals surface area contributed by atoms with Crippen molar-refractivity contribution in [3.05, 3.63) is 29.8 Å². The summed E-state index contributed by atoms with van der Waals surface area (Å²) in [7, 11) is 1.61. The topological polar surface area (TPSA) is 58.6 Å². The molecular weight excluding hydrogens is 242 g/mol. The minimum Gasteiger partial charge on any atom is -0.497 e. The van der Waals surface area contributed by atoms with Crippen molar-refractivity contribution >= 4 is 5.91 Å². The molecule has 4 heteroatoms. The van der Waals surface area contributed by atoms with E-state index in [9.17, 15) is 9.90 Å². The summed E-state index contributed by atoms with van der Waals surface area (Å²) in [4.78, 5) is 12.3. The highest BCUT2D eigenvalue weighted by Gasteiger charge is 2.33. The van der Waals surface area contributed by atoms with Crippen LogP contribution in [0.15, 0.2) is 24.3 Å². The molecule has 0 saturated carbocycles. The van der Waals surface area contributed by atoms with E-state index in [2.05, 4.69) is 5.32 Å². The molecule has 0 atom stereocenters. The van der Waals surface area contributed by atoms with Crippen molar-refractivity contribution in [2.24, 2.45) is 0 Å². The summed E-state index contributed by atoms with van der Waals surface area (Å²) in [6, 6.07) is 7.43. The smallest absolute Gasteiger partial charge is 0.230 e. The van der Waals surface area contributed by atoms with Crippen LogP contribution in [0, 0.1) is 0 Å². The normalized spacial score (nSPS) is 12.1. The van der Waals surface area contributed by atoms with E-state index in [0.717, 1.165) is 11.3 Å². The molecule has 1 amide bonds. The van der Waals surface area contributed by atoms with Gasteiger partial charge in [-0.15, -0.1) is 0 Å². The molecule has 0 unspecified atom stereocenters. The molecule has 0 radical (unpaired) electrons. The number of hydrogen-bond donors (Lipinski definition) is 2. The van der Waals surface area contributed by atoms with Gasteiger partial charge in [0.1, 0.15) is 5.75 Å². The Morgan fingerprint density at radius 2 is 1.74 bits per heavy atom. The van der Waals surface area contributed by atoms with Crippen LogP contribution < -0.4 is 10.1 Å². The number of benzene rings is 1. The number of hydrogen-bond acceptors (Lipinski definition) is 3. The Balaban J connectivity index is 2.92. The number of nitrogens with one attached hydrogen (secondary N) is 1. The number of aliphatic hydroxyl groups excluding tert-OH is 1. The largest absolute Gasteiger partial charge is 0.497 e. The molecule has 106 valence electrons. The molecule has 0 saturated heterocycles. The third kappa shape index (κ3) is 3.70. The van der Waals surface area contributed by atoms with E-state index in [4.69, 9.17) is 4.74 Å². The van der Waals surface area contributed by atoms with Crippen LogP contribution in [0.3, 0.4) is 0 Å². The first kappa shape index (κ1) is 15.5. The van der Waals surface area contributed by atoms with Gasteiger partial charge in [-0.25, -0.2) is 0 Å². The number of rotatable bonds is 5. The minimum absolute atomic E-state index is 0.0998. The van der Waals surface area contributed by atoms with Crippen LogP contribution in [0.5, 0.6) is 5.75 Å². The fraction of sp³-hybridized carbons (Fsp3) is 0.533. The van der Waals surface area contributed by atoms with Crippen LogP contribution in [-0.2, 0) is 10.2 Å². The van der Waals surface area contributed by atoms with Gasteiger partial charge in [0.05, 0.1) is 24.7 Å². The zero-order valence-corrected chi connectivity index (χ0v) is 12.3. The van der Waals surface area contributed by atoms with Crippen molar-refractivity contribution in [3.63, 3.8) is 0 Å². The standard InChI is InChI=1S/C15H23NO3/c1-14(2,10-17)16-13(18)15(3,4)11-6-8-12(19-5)9-7-11/h6-9,17H,10H2,1-5H3,(H,16,18). The molecule has 0 spiro atoms. The molecule has 0 aliphatic rings. The molecule has 0 bridgehead atoms. The molecule has 4 nitrogen and oxygen atoms in total. The van der Waals surface area contributed by atoms with E-state index in [1.807, 2.05) is 38.1 Å². The van der Waals surface area contributed by atoms with E-state index in [0.29, 0.717) is 0 Å². The van der Waals surface area contributed by atoms with Gasteiger partial charge in [0.15, 0.2) is 0 Å². The van der Waals surface area contributed by atoms with Gasteiger partial charge >= 0.3 is 0 Å². The van der Waals surface area contributed by atoms with Crippen LogP contribution in [0.1, 0.15) is 33.3 Å². The average Bonchev–Trinajstić information content (AvgIpc) is 2.38. The Morgan fingerprint density at radius 1 is 1.21 bits per heavy atom. The maximum absolute atomic E-state index is 12.3. The summed E-state index contributed by atoms with van der Waals surface area (Å²) in [6.45, 7) is 7.19. The Bertz CT molecular complexity index is 435. The second kappa shape index (κ2) is 5.61. The monoisotopic (exact) mass is 265 g/mol. The van der Waals surface area contributed by atoms with E-state index in [-0.39, 0.29) is 12.5 Å². The number of aliphatic hydroxyl groups is 1. The van der Waals surface area contributed by atoms with E-state index >= 15 is 0 Å². The second-order valence-electron chi connectivity index (χ2n) is 5.85. The highest BCUT2D eigenvalue weighted by molar-refractivity contribution is 5.87. The lowest BCUT2D eigenvalue weighted by atomic mass is 9.83. The molecular formula is C15H23NO3. The van der Waals surface area contributed by atoms with E-state index < -0.39 is 11.0 Å². The van der Waals surface area contributed by atoms with Crippen LogP contribution >= 0.6 is 0 Å². The van der Waals surface area contributed by atoms with Gasteiger partial charge in [0.2, 0.25) is 5.91 Å². The predicted octanol–water partition coefficient (Wildman–Crippen LogP) is 1.86. The third-order valence-corrected chi connectivity index (χ3v) is 3.23. The van der Waals surface area contributed by atoms with Crippen LogP contribution in [0.25, 0.3) is 0 Å². The Kier molecular flexibility index (Phi) is 4.58. The lowest BCUT2D eigenvalue weighted by molar-refractivity contribution is -0.127. The van der Waals surface area contributed by atoms with Crippen molar-refractivity contribution in [3.8, 4) is 5.75 Å². The minimum atomic E-state index is -0.668. The lowest BCUT2D eigenvalue weighted by Crippen LogP contribution is -2.52. The molecule has 0 aromatic heterocycles. The third-order valence-electron chi connectivity index (χ3n) is 3.23. The van der Waals surface area contributed by atoms with Gasteiger partial charge < -0.3 is 15.2 Å². The first-order chi connectivity index (χ1) is 8.73. The fourth-order valence-electron chi connectivity index (χ4n) is 1.64. The van der Waals surface area contributed by atoms with Crippen LogP contribution in [0.2, 0.25) is 0 Å². The molecule has 0 aliphatic carbocycles. The quantitative estimate of drug-likeness (QED) is 0.854. The molecule has 1 aromatic carbocycles.